The van der Waals surface area contributed by atoms with Crippen molar-refractivity contribution in [1.82, 2.24) is 0 Å². The first-order chi connectivity index (χ1) is 9.79. The highest BCUT2D eigenvalue weighted by Gasteiger charge is 2.14. The Hall–Kier alpha value is -1.15. The van der Waals surface area contributed by atoms with Crippen molar-refractivity contribution in [1.29, 1.82) is 0 Å². The van der Waals surface area contributed by atoms with E-state index >= 15 is 0 Å². The Kier molecular flexibility index (Phi) is 4.88. The lowest BCUT2D eigenvalue weighted by Crippen LogP contribution is -2.14. The molecular formula is C13H10BrClN2O2S2. The standard InChI is InChI=1S/C13H10BrClN2O2S2/c14-11-7-9(3-6-12(11)15)17-21(18,19)10-4-1-8(2-5-10)13(16)20/h1-7,17H,(H2,16,20). The number of anilines is 1. The van der Waals surface area contributed by atoms with E-state index in [1.165, 1.54) is 12.1 Å². The maximum Gasteiger partial charge on any atom is 0.261 e. The topological polar surface area (TPSA) is 72.2 Å². The fraction of sp³-hybridized carbons (Fsp3) is 0. The summed E-state index contributed by atoms with van der Waals surface area (Å²) >= 11 is 13.9. The Balaban J connectivity index is 2.29. The molecule has 0 aliphatic rings. The minimum Gasteiger partial charge on any atom is -0.389 e. The zero-order valence-corrected chi connectivity index (χ0v) is 14.5. The summed E-state index contributed by atoms with van der Waals surface area (Å²) in [6.45, 7) is 0. The number of nitrogens with two attached hydrogens (primary N) is 1. The van der Waals surface area contributed by atoms with Gasteiger partial charge in [-0.05, 0) is 46.3 Å². The lowest BCUT2D eigenvalue weighted by atomic mass is 10.2. The number of benzene rings is 2. The van der Waals surface area contributed by atoms with Crippen LogP contribution in [0, 0.1) is 0 Å². The van der Waals surface area contributed by atoms with Crippen molar-refractivity contribution >= 4 is 60.4 Å². The molecule has 2 rings (SSSR count). The maximum absolute atomic E-state index is 12.3. The van der Waals surface area contributed by atoms with Gasteiger partial charge in [-0.1, -0.05) is 36.0 Å². The molecule has 0 spiro atoms. The van der Waals surface area contributed by atoms with Crippen LogP contribution in [0.15, 0.2) is 51.8 Å². The predicted molar refractivity (Wildman–Crippen MR) is 92.3 cm³/mol. The second-order valence-electron chi connectivity index (χ2n) is 4.12. The smallest absolute Gasteiger partial charge is 0.261 e. The Bertz CT molecular complexity index is 792. The van der Waals surface area contributed by atoms with E-state index in [0.29, 0.717) is 20.7 Å². The summed E-state index contributed by atoms with van der Waals surface area (Å²) in [5.41, 5.74) is 6.49. The third-order valence-corrected chi connectivity index (χ3v) is 5.47. The quantitative estimate of drug-likeness (QED) is 0.763. The van der Waals surface area contributed by atoms with Crippen molar-refractivity contribution in [3.05, 3.63) is 57.5 Å². The van der Waals surface area contributed by atoms with Crippen LogP contribution >= 0.6 is 39.7 Å². The molecule has 0 saturated carbocycles. The van der Waals surface area contributed by atoms with E-state index in [1.807, 2.05) is 0 Å². The molecule has 0 saturated heterocycles. The van der Waals surface area contributed by atoms with Crippen molar-refractivity contribution in [2.24, 2.45) is 5.73 Å². The molecule has 0 unspecified atom stereocenters. The van der Waals surface area contributed by atoms with Gasteiger partial charge in [-0.25, -0.2) is 8.42 Å². The number of hydrogen-bond donors (Lipinski definition) is 2. The third-order valence-electron chi connectivity index (χ3n) is 2.62. The molecule has 2 aromatic rings. The second kappa shape index (κ2) is 6.31. The van der Waals surface area contributed by atoms with Gasteiger partial charge in [0.2, 0.25) is 0 Å². The van der Waals surface area contributed by atoms with Gasteiger partial charge < -0.3 is 5.73 Å². The van der Waals surface area contributed by atoms with Crippen molar-refractivity contribution in [3.8, 4) is 0 Å². The van der Waals surface area contributed by atoms with Crippen LogP contribution in [0.25, 0.3) is 0 Å². The molecule has 110 valence electrons. The van der Waals surface area contributed by atoms with E-state index in [4.69, 9.17) is 29.6 Å². The van der Waals surface area contributed by atoms with Gasteiger partial charge in [0.1, 0.15) is 4.99 Å². The molecule has 3 N–H and O–H groups in total. The molecule has 0 aliphatic carbocycles. The van der Waals surface area contributed by atoms with E-state index < -0.39 is 10.0 Å². The zero-order chi connectivity index (χ0) is 15.6. The highest BCUT2D eigenvalue weighted by molar-refractivity contribution is 9.10. The third kappa shape index (κ3) is 3.94. The normalized spacial score (nSPS) is 11.1. The summed E-state index contributed by atoms with van der Waals surface area (Å²) in [6.07, 6.45) is 0. The fourth-order valence-corrected chi connectivity index (χ4v) is 3.25. The Morgan fingerprint density at radius 2 is 1.81 bits per heavy atom. The molecule has 8 heteroatoms. The SMILES string of the molecule is NC(=S)c1ccc(S(=O)(=O)Nc2ccc(Cl)c(Br)c2)cc1. The van der Waals surface area contributed by atoms with E-state index in [9.17, 15) is 8.42 Å². The predicted octanol–water partition coefficient (Wildman–Crippen LogP) is 3.54. The largest absolute Gasteiger partial charge is 0.389 e. The van der Waals surface area contributed by atoms with Crippen molar-refractivity contribution in [2.75, 3.05) is 4.72 Å². The number of thiocarbonyl (C=S) groups is 1. The van der Waals surface area contributed by atoms with Crippen LogP contribution in [0.5, 0.6) is 0 Å². The van der Waals surface area contributed by atoms with Gasteiger partial charge in [0.25, 0.3) is 10.0 Å². The van der Waals surface area contributed by atoms with Crippen LogP contribution < -0.4 is 10.5 Å². The molecule has 4 nitrogen and oxygen atoms in total. The molecular weight excluding hydrogens is 396 g/mol. The Morgan fingerprint density at radius 1 is 1.19 bits per heavy atom. The average Bonchev–Trinajstić information content (AvgIpc) is 2.43. The first-order valence-corrected chi connectivity index (χ1v) is 8.73. The van der Waals surface area contributed by atoms with Crippen LogP contribution in [0.2, 0.25) is 5.02 Å². The van der Waals surface area contributed by atoms with E-state index in [1.54, 1.807) is 30.3 Å². The monoisotopic (exact) mass is 404 g/mol. The summed E-state index contributed by atoms with van der Waals surface area (Å²) in [4.78, 5) is 0.335. The molecule has 0 aliphatic heterocycles. The number of nitrogens with one attached hydrogen (secondary N) is 1. The minimum atomic E-state index is -3.68. The molecule has 0 bridgehead atoms. The van der Waals surface area contributed by atoms with Gasteiger partial charge in [0, 0.05) is 10.0 Å². The summed E-state index contributed by atoms with van der Waals surface area (Å²) in [7, 11) is -3.68. The van der Waals surface area contributed by atoms with Gasteiger partial charge >= 0.3 is 0 Å². The summed E-state index contributed by atoms with van der Waals surface area (Å²) in [6, 6.07) is 10.8. The molecule has 0 atom stereocenters. The van der Waals surface area contributed by atoms with Crippen LogP contribution in [0.3, 0.4) is 0 Å². The van der Waals surface area contributed by atoms with Gasteiger partial charge in [-0.3, -0.25) is 4.72 Å². The first-order valence-electron chi connectivity index (χ1n) is 5.67. The van der Waals surface area contributed by atoms with Crippen molar-refractivity contribution < 1.29 is 8.42 Å². The summed E-state index contributed by atoms with van der Waals surface area (Å²) in [5.74, 6) is 0. The minimum absolute atomic E-state index is 0.119. The Morgan fingerprint density at radius 3 is 2.33 bits per heavy atom. The van der Waals surface area contributed by atoms with Gasteiger partial charge in [-0.2, -0.15) is 0 Å². The van der Waals surface area contributed by atoms with Gasteiger partial charge in [0.05, 0.1) is 15.6 Å². The van der Waals surface area contributed by atoms with Crippen LogP contribution in [0.4, 0.5) is 5.69 Å². The molecule has 0 amide bonds. The lowest BCUT2D eigenvalue weighted by molar-refractivity contribution is 0.601. The molecule has 21 heavy (non-hydrogen) atoms. The first kappa shape index (κ1) is 16.2. The van der Waals surface area contributed by atoms with Crippen molar-refractivity contribution in [2.45, 2.75) is 4.90 Å². The van der Waals surface area contributed by atoms with Crippen molar-refractivity contribution in [3.63, 3.8) is 0 Å². The van der Waals surface area contributed by atoms with Gasteiger partial charge in [0.15, 0.2) is 0 Å². The van der Waals surface area contributed by atoms with Crippen LogP contribution in [-0.2, 0) is 10.0 Å². The van der Waals surface area contributed by atoms with E-state index in [2.05, 4.69) is 20.7 Å². The van der Waals surface area contributed by atoms with Crippen LogP contribution in [0.1, 0.15) is 5.56 Å². The number of hydrogen-bond acceptors (Lipinski definition) is 3. The number of sulfonamides is 1. The molecule has 0 fully saturated rings. The number of halogens is 2. The summed E-state index contributed by atoms with van der Waals surface area (Å²) in [5, 5.41) is 0.499. The number of rotatable bonds is 4. The highest BCUT2D eigenvalue weighted by Crippen LogP contribution is 2.27. The summed E-state index contributed by atoms with van der Waals surface area (Å²) < 4.78 is 27.6. The van der Waals surface area contributed by atoms with Crippen LogP contribution in [-0.4, -0.2) is 13.4 Å². The molecule has 0 radical (unpaired) electrons. The second-order valence-corrected chi connectivity index (χ2v) is 7.51. The maximum atomic E-state index is 12.3. The van der Waals surface area contributed by atoms with E-state index in [-0.39, 0.29) is 9.88 Å². The molecule has 0 heterocycles. The average molecular weight is 406 g/mol. The Labute approximate surface area is 141 Å². The fourth-order valence-electron chi connectivity index (χ4n) is 1.57. The molecule has 0 aromatic heterocycles. The zero-order valence-electron chi connectivity index (χ0n) is 10.5. The van der Waals surface area contributed by atoms with Gasteiger partial charge in [-0.15, -0.1) is 0 Å². The lowest BCUT2D eigenvalue weighted by Gasteiger charge is -2.09. The molecule has 2 aromatic carbocycles. The highest BCUT2D eigenvalue weighted by atomic mass is 79.9. The van der Waals surface area contributed by atoms with E-state index in [0.717, 1.165) is 0 Å².